The lowest BCUT2D eigenvalue weighted by molar-refractivity contribution is 0.236. The highest BCUT2D eigenvalue weighted by Gasteiger charge is 2.05. The minimum atomic E-state index is -0.275. The number of urea groups is 1. The number of rotatable bonds is 9. The van der Waals surface area contributed by atoms with E-state index >= 15 is 0 Å². The van der Waals surface area contributed by atoms with Gasteiger partial charge in [0.15, 0.2) is 0 Å². The first-order valence-electron chi connectivity index (χ1n) is 8.15. The molecule has 0 aliphatic carbocycles. The van der Waals surface area contributed by atoms with Crippen LogP contribution in [0.3, 0.4) is 0 Å². The topological polar surface area (TPSA) is 78.0 Å². The predicted octanol–water partition coefficient (Wildman–Crippen LogP) is 2.59. The zero-order valence-corrected chi connectivity index (χ0v) is 15.2. The molecule has 0 saturated carbocycles. The largest absolute Gasteiger partial charge is 0.496 e. The Labute approximate surface area is 153 Å². The molecule has 0 atom stereocenters. The van der Waals surface area contributed by atoms with Crippen molar-refractivity contribution in [2.24, 2.45) is 0 Å². The van der Waals surface area contributed by atoms with Crippen LogP contribution in [0.25, 0.3) is 0 Å². The average Bonchev–Trinajstić information content (AvgIpc) is 2.69. The Hall–Kier alpha value is -3.09. The highest BCUT2D eigenvalue weighted by Crippen LogP contribution is 2.27. The van der Waals surface area contributed by atoms with E-state index in [-0.39, 0.29) is 6.03 Å². The molecule has 2 aromatic rings. The molecule has 0 radical (unpaired) electrons. The van der Waals surface area contributed by atoms with Crippen molar-refractivity contribution in [2.75, 3.05) is 34.5 Å². The smallest absolute Gasteiger partial charge is 0.315 e. The van der Waals surface area contributed by atoms with Gasteiger partial charge in [-0.1, -0.05) is 18.2 Å². The van der Waals surface area contributed by atoms with Gasteiger partial charge in [-0.15, -0.1) is 0 Å². The fourth-order valence-corrected chi connectivity index (χ4v) is 2.29. The van der Waals surface area contributed by atoms with Gasteiger partial charge in [-0.05, 0) is 6.07 Å². The highest BCUT2D eigenvalue weighted by molar-refractivity contribution is 5.73. The first-order chi connectivity index (χ1) is 12.7. The number of hydrogen-bond acceptors (Lipinski definition) is 5. The van der Waals surface area contributed by atoms with Crippen LogP contribution in [0.5, 0.6) is 23.0 Å². The summed E-state index contributed by atoms with van der Waals surface area (Å²) in [6, 6.07) is 12.5. The number of hydrogen-bond donors (Lipinski definition) is 2. The molecule has 0 aliphatic heterocycles. The van der Waals surface area contributed by atoms with Crippen molar-refractivity contribution >= 4 is 6.03 Å². The molecular weight excluding hydrogens is 336 g/mol. The number of nitrogens with one attached hydrogen (secondary N) is 2. The first kappa shape index (κ1) is 19.2. The van der Waals surface area contributed by atoms with Gasteiger partial charge in [0.05, 0.1) is 27.9 Å². The maximum atomic E-state index is 11.9. The van der Waals surface area contributed by atoms with E-state index in [1.54, 1.807) is 39.5 Å². The fraction of sp³-hybridized carbons (Fsp3) is 0.316. The molecular formula is C19H24N2O5. The summed E-state index contributed by atoms with van der Waals surface area (Å²) in [5.74, 6) is 2.63. The molecule has 0 unspecified atom stereocenters. The van der Waals surface area contributed by atoms with Crippen molar-refractivity contribution in [1.29, 1.82) is 0 Å². The quantitative estimate of drug-likeness (QED) is 0.672. The molecule has 140 valence electrons. The van der Waals surface area contributed by atoms with Gasteiger partial charge in [0, 0.05) is 30.3 Å². The zero-order chi connectivity index (χ0) is 18.8. The van der Waals surface area contributed by atoms with Crippen LogP contribution in [0.2, 0.25) is 0 Å². The number of carbonyl (C=O) groups is 1. The van der Waals surface area contributed by atoms with Crippen LogP contribution in [-0.2, 0) is 6.54 Å². The first-order valence-corrected chi connectivity index (χ1v) is 8.15. The van der Waals surface area contributed by atoms with E-state index in [2.05, 4.69) is 10.6 Å². The molecule has 2 amide bonds. The van der Waals surface area contributed by atoms with E-state index in [0.29, 0.717) is 36.9 Å². The van der Waals surface area contributed by atoms with Gasteiger partial charge < -0.3 is 29.6 Å². The maximum absolute atomic E-state index is 11.9. The van der Waals surface area contributed by atoms with E-state index < -0.39 is 0 Å². The summed E-state index contributed by atoms with van der Waals surface area (Å²) in [4.78, 5) is 11.9. The van der Waals surface area contributed by atoms with Gasteiger partial charge in [0.25, 0.3) is 0 Å². The highest BCUT2D eigenvalue weighted by atomic mass is 16.5. The van der Waals surface area contributed by atoms with Crippen molar-refractivity contribution in [1.82, 2.24) is 10.6 Å². The van der Waals surface area contributed by atoms with Crippen molar-refractivity contribution in [3.8, 4) is 23.0 Å². The number of para-hydroxylation sites is 1. The molecule has 2 aromatic carbocycles. The van der Waals surface area contributed by atoms with Crippen LogP contribution < -0.4 is 29.6 Å². The second kappa shape index (κ2) is 10.0. The molecule has 7 nitrogen and oxygen atoms in total. The molecule has 0 aliphatic rings. The second-order valence-electron chi connectivity index (χ2n) is 5.32. The third-order valence-electron chi connectivity index (χ3n) is 3.61. The monoisotopic (exact) mass is 360 g/mol. The number of carbonyl (C=O) groups excluding carboxylic acids is 1. The van der Waals surface area contributed by atoms with Crippen molar-refractivity contribution < 1.29 is 23.7 Å². The van der Waals surface area contributed by atoms with E-state index in [1.165, 1.54) is 0 Å². The van der Waals surface area contributed by atoms with E-state index in [0.717, 1.165) is 11.3 Å². The molecule has 0 fully saturated rings. The molecule has 2 rings (SSSR count). The SMILES string of the molecule is COc1cc(OC)cc(OCCNC(=O)NCc2ccccc2OC)c1. The summed E-state index contributed by atoms with van der Waals surface area (Å²) in [7, 11) is 4.75. The molecule has 0 spiro atoms. The Bertz CT molecular complexity index is 699. The summed E-state index contributed by atoms with van der Waals surface area (Å²) < 4.78 is 21.2. The molecule has 0 bridgehead atoms. The summed E-state index contributed by atoms with van der Waals surface area (Å²) in [6.45, 7) is 1.06. The standard InChI is InChI=1S/C19H24N2O5/c1-23-15-10-16(24-2)12-17(11-15)26-9-8-20-19(22)21-13-14-6-4-5-7-18(14)25-3/h4-7,10-12H,8-9,13H2,1-3H3,(H2,20,21,22). The van der Waals surface area contributed by atoms with Gasteiger partial charge >= 0.3 is 6.03 Å². The molecule has 2 N–H and O–H groups in total. The van der Waals surface area contributed by atoms with Crippen molar-refractivity contribution in [3.05, 3.63) is 48.0 Å². The predicted molar refractivity (Wildman–Crippen MR) is 98.3 cm³/mol. The lowest BCUT2D eigenvalue weighted by atomic mass is 10.2. The second-order valence-corrected chi connectivity index (χ2v) is 5.32. The Morgan fingerprint density at radius 1 is 0.885 bits per heavy atom. The molecule has 7 heteroatoms. The molecule has 26 heavy (non-hydrogen) atoms. The summed E-state index contributed by atoms with van der Waals surface area (Å²) >= 11 is 0. The van der Waals surface area contributed by atoms with Crippen LogP contribution >= 0.6 is 0 Å². The normalized spacial score (nSPS) is 9.96. The van der Waals surface area contributed by atoms with E-state index in [1.807, 2.05) is 24.3 Å². The molecule has 0 aromatic heterocycles. The molecule has 0 heterocycles. The van der Waals surface area contributed by atoms with Crippen molar-refractivity contribution in [2.45, 2.75) is 6.54 Å². The molecule has 0 saturated heterocycles. The van der Waals surface area contributed by atoms with Crippen molar-refractivity contribution in [3.63, 3.8) is 0 Å². The summed E-state index contributed by atoms with van der Waals surface area (Å²) in [5, 5.41) is 5.52. The van der Waals surface area contributed by atoms with Gasteiger partial charge in [-0.3, -0.25) is 0 Å². The lowest BCUT2D eigenvalue weighted by Crippen LogP contribution is -2.37. The van der Waals surface area contributed by atoms with Crippen LogP contribution in [0, 0.1) is 0 Å². The Morgan fingerprint density at radius 3 is 2.19 bits per heavy atom. The van der Waals surface area contributed by atoms with E-state index in [9.17, 15) is 4.79 Å². The average molecular weight is 360 g/mol. The Morgan fingerprint density at radius 2 is 1.54 bits per heavy atom. The minimum Gasteiger partial charge on any atom is -0.496 e. The summed E-state index contributed by atoms with van der Waals surface area (Å²) in [6.07, 6.45) is 0. The lowest BCUT2D eigenvalue weighted by Gasteiger charge is -2.12. The van der Waals surface area contributed by atoms with E-state index in [4.69, 9.17) is 18.9 Å². The van der Waals surface area contributed by atoms with Crippen LogP contribution in [0.4, 0.5) is 4.79 Å². The van der Waals surface area contributed by atoms with Gasteiger partial charge in [0.1, 0.15) is 29.6 Å². The van der Waals surface area contributed by atoms with Gasteiger partial charge in [0.2, 0.25) is 0 Å². The van der Waals surface area contributed by atoms with Crippen LogP contribution in [0.15, 0.2) is 42.5 Å². The van der Waals surface area contributed by atoms with Crippen LogP contribution in [-0.4, -0.2) is 40.5 Å². The number of ether oxygens (including phenoxy) is 4. The number of methoxy groups -OCH3 is 3. The minimum absolute atomic E-state index is 0.275. The Kier molecular flexibility index (Phi) is 7.42. The number of benzene rings is 2. The number of amides is 2. The summed E-state index contributed by atoms with van der Waals surface area (Å²) in [5.41, 5.74) is 0.907. The zero-order valence-electron chi connectivity index (χ0n) is 15.2. The maximum Gasteiger partial charge on any atom is 0.315 e. The fourth-order valence-electron chi connectivity index (χ4n) is 2.29. The van der Waals surface area contributed by atoms with Gasteiger partial charge in [-0.2, -0.15) is 0 Å². The third kappa shape index (κ3) is 5.77. The Balaban J connectivity index is 1.73. The third-order valence-corrected chi connectivity index (χ3v) is 3.61. The van der Waals surface area contributed by atoms with Gasteiger partial charge in [-0.25, -0.2) is 4.79 Å². The van der Waals surface area contributed by atoms with Crippen LogP contribution in [0.1, 0.15) is 5.56 Å².